The Balaban J connectivity index is 1.11. The van der Waals surface area contributed by atoms with Crippen LogP contribution in [0.3, 0.4) is 0 Å². The minimum atomic E-state index is -1.59. The van der Waals surface area contributed by atoms with Crippen molar-refractivity contribution in [2.45, 2.75) is 39.3 Å². The van der Waals surface area contributed by atoms with Crippen LogP contribution in [0.4, 0.5) is 0 Å². The maximum Gasteiger partial charge on any atom is 0.332 e. The first-order chi connectivity index (χ1) is 27.2. The molecule has 0 amide bonds. The van der Waals surface area contributed by atoms with Gasteiger partial charge in [-0.15, -0.1) is 0 Å². The van der Waals surface area contributed by atoms with Crippen LogP contribution in [0.5, 0.6) is 0 Å². The van der Waals surface area contributed by atoms with Crippen LogP contribution in [-0.4, -0.2) is 54.2 Å². The molecular weight excluding hydrogens is 698 g/mol. The van der Waals surface area contributed by atoms with Crippen LogP contribution >= 0.6 is 8.60 Å². The minimum Gasteiger partial charge on any atom is -0.311 e. The van der Waals surface area contributed by atoms with E-state index in [4.69, 9.17) is 13.6 Å². The molecule has 0 fully saturated rings. The van der Waals surface area contributed by atoms with Crippen molar-refractivity contribution in [3.63, 3.8) is 0 Å². The predicted octanol–water partition coefficient (Wildman–Crippen LogP) is 10.4. The Morgan fingerprint density at radius 1 is 0.273 bits per heavy atom. The van der Waals surface area contributed by atoms with Crippen molar-refractivity contribution in [1.29, 1.82) is 0 Å². The van der Waals surface area contributed by atoms with Crippen molar-refractivity contribution in [2.75, 3.05) is 39.5 Å². The monoisotopic (exact) mass is 751 g/mol. The largest absolute Gasteiger partial charge is 0.332 e. The molecular formula is C48H54N3O3P. The Morgan fingerprint density at radius 3 is 0.636 bits per heavy atom. The molecule has 6 aromatic rings. The molecule has 0 aliphatic rings. The minimum absolute atomic E-state index is 0.501. The second-order valence-electron chi connectivity index (χ2n) is 13.8. The molecule has 0 saturated carbocycles. The van der Waals surface area contributed by atoms with Gasteiger partial charge in [-0.25, -0.2) is 0 Å². The molecule has 6 rings (SSSR count). The van der Waals surface area contributed by atoms with E-state index in [9.17, 15) is 0 Å². The molecule has 6 nitrogen and oxygen atoms in total. The molecule has 0 radical (unpaired) electrons. The van der Waals surface area contributed by atoms with Crippen LogP contribution in [0.15, 0.2) is 182 Å². The Morgan fingerprint density at radius 2 is 0.455 bits per heavy atom. The lowest BCUT2D eigenvalue weighted by Crippen LogP contribution is -2.28. The number of nitrogens with zero attached hydrogens (tertiary/aromatic N) is 3. The van der Waals surface area contributed by atoms with Gasteiger partial charge in [-0.3, -0.25) is 14.7 Å². The van der Waals surface area contributed by atoms with Gasteiger partial charge in [0.25, 0.3) is 0 Å². The van der Waals surface area contributed by atoms with Gasteiger partial charge in [0.1, 0.15) is 0 Å². The van der Waals surface area contributed by atoms with Crippen molar-refractivity contribution in [3.8, 4) is 0 Å². The van der Waals surface area contributed by atoms with Gasteiger partial charge in [0.15, 0.2) is 0 Å². The van der Waals surface area contributed by atoms with Crippen LogP contribution in [0.25, 0.3) is 0 Å². The smallest absolute Gasteiger partial charge is 0.311 e. The zero-order chi connectivity index (χ0) is 37.6. The first-order valence-electron chi connectivity index (χ1n) is 19.3. The Hall–Kier alpha value is -4.49. The molecule has 0 saturated heterocycles. The second kappa shape index (κ2) is 23.4. The fourth-order valence-corrected chi connectivity index (χ4v) is 7.45. The molecule has 0 aliphatic carbocycles. The molecule has 0 spiro atoms. The SMILES string of the molecule is c1ccc(CN(CCOP(OCCN(Cc2ccccc2)Cc2ccccc2)OCCN(Cc2ccccc2)Cc2ccccc2)Cc2ccccc2)cc1. The third kappa shape index (κ3) is 15.3. The summed E-state index contributed by atoms with van der Waals surface area (Å²) in [6.45, 7) is 8.75. The van der Waals surface area contributed by atoms with E-state index in [0.29, 0.717) is 19.8 Å². The van der Waals surface area contributed by atoms with Crippen LogP contribution in [0.2, 0.25) is 0 Å². The Bertz CT molecular complexity index is 1510. The maximum atomic E-state index is 6.53. The number of benzene rings is 6. The molecule has 0 aliphatic heterocycles. The van der Waals surface area contributed by atoms with E-state index in [1.54, 1.807) is 0 Å². The molecule has 7 heteroatoms. The average Bonchev–Trinajstić information content (AvgIpc) is 3.23. The van der Waals surface area contributed by atoms with Gasteiger partial charge in [0.2, 0.25) is 0 Å². The van der Waals surface area contributed by atoms with Gasteiger partial charge >= 0.3 is 8.60 Å². The van der Waals surface area contributed by atoms with Crippen molar-refractivity contribution >= 4 is 8.60 Å². The molecule has 0 atom stereocenters. The lowest BCUT2D eigenvalue weighted by molar-refractivity contribution is 0.112. The van der Waals surface area contributed by atoms with E-state index in [1.165, 1.54) is 33.4 Å². The highest BCUT2D eigenvalue weighted by Gasteiger charge is 2.18. The van der Waals surface area contributed by atoms with Gasteiger partial charge in [-0.1, -0.05) is 182 Å². The zero-order valence-electron chi connectivity index (χ0n) is 31.8. The van der Waals surface area contributed by atoms with Gasteiger partial charge in [0, 0.05) is 58.9 Å². The topological polar surface area (TPSA) is 37.4 Å². The van der Waals surface area contributed by atoms with Crippen molar-refractivity contribution in [2.24, 2.45) is 0 Å². The molecule has 55 heavy (non-hydrogen) atoms. The third-order valence-corrected chi connectivity index (χ3v) is 10.5. The van der Waals surface area contributed by atoms with Crippen molar-refractivity contribution < 1.29 is 13.6 Å². The molecule has 6 aromatic carbocycles. The van der Waals surface area contributed by atoms with Gasteiger partial charge in [0.05, 0.1) is 19.8 Å². The maximum absolute atomic E-state index is 6.53. The van der Waals surface area contributed by atoms with Crippen LogP contribution < -0.4 is 0 Å². The quantitative estimate of drug-likeness (QED) is 0.0574. The summed E-state index contributed by atoms with van der Waals surface area (Å²) in [6.07, 6.45) is 0. The summed E-state index contributed by atoms with van der Waals surface area (Å²) in [5.41, 5.74) is 7.68. The second-order valence-corrected chi connectivity index (χ2v) is 15.0. The summed E-state index contributed by atoms with van der Waals surface area (Å²) >= 11 is 0. The summed E-state index contributed by atoms with van der Waals surface area (Å²) in [4.78, 5) is 7.29. The van der Waals surface area contributed by atoms with Crippen LogP contribution in [0.1, 0.15) is 33.4 Å². The fraction of sp³-hybridized carbons (Fsp3) is 0.250. The highest BCUT2D eigenvalue weighted by molar-refractivity contribution is 7.41. The predicted molar refractivity (Wildman–Crippen MR) is 226 cm³/mol. The van der Waals surface area contributed by atoms with E-state index in [0.717, 1.165) is 58.9 Å². The third-order valence-electron chi connectivity index (χ3n) is 9.31. The summed E-state index contributed by atoms with van der Waals surface area (Å²) in [7, 11) is -1.59. The highest BCUT2D eigenvalue weighted by Crippen LogP contribution is 2.39. The van der Waals surface area contributed by atoms with Crippen LogP contribution in [-0.2, 0) is 52.8 Å². The molecule has 284 valence electrons. The number of hydrogen-bond acceptors (Lipinski definition) is 6. The lowest BCUT2D eigenvalue weighted by Gasteiger charge is -2.26. The van der Waals surface area contributed by atoms with Gasteiger partial charge < -0.3 is 13.6 Å². The van der Waals surface area contributed by atoms with E-state index >= 15 is 0 Å². The van der Waals surface area contributed by atoms with Gasteiger partial charge in [-0.05, 0) is 33.4 Å². The summed E-state index contributed by atoms with van der Waals surface area (Å²) < 4.78 is 19.6. The van der Waals surface area contributed by atoms with Gasteiger partial charge in [-0.2, -0.15) is 0 Å². The van der Waals surface area contributed by atoms with Crippen LogP contribution in [0, 0.1) is 0 Å². The normalized spacial score (nSPS) is 11.6. The molecule has 0 bridgehead atoms. The first-order valence-corrected chi connectivity index (χ1v) is 20.4. The average molecular weight is 752 g/mol. The number of rotatable bonds is 24. The van der Waals surface area contributed by atoms with E-state index < -0.39 is 8.60 Å². The zero-order valence-corrected chi connectivity index (χ0v) is 32.7. The van der Waals surface area contributed by atoms with E-state index in [1.807, 2.05) is 0 Å². The highest BCUT2D eigenvalue weighted by atomic mass is 31.2. The van der Waals surface area contributed by atoms with E-state index in [2.05, 4.69) is 197 Å². The van der Waals surface area contributed by atoms with Crippen molar-refractivity contribution in [1.82, 2.24) is 14.7 Å². The summed E-state index contributed by atoms with van der Waals surface area (Å²) in [5.74, 6) is 0. The standard InChI is InChI=1S/C48H54N3O3P/c1-7-19-43(20-8-1)37-49(38-44-21-9-2-10-22-44)31-34-52-55(53-35-32-50(39-45-23-11-3-12-24-45)40-46-25-13-4-14-26-46)54-36-33-51(41-47-27-15-5-16-28-47)42-48-29-17-6-18-30-48/h1-30H,31-42H2. The lowest BCUT2D eigenvalue weighted by atomic mass is 10.1. The fourth-order valence-electron chi connectivity index (χ4n) is 6.54. The Kier molecular flexibility index (Phi) is 17.1. The summed E-state index contributed by atoms with van der Waals surface area (Å²) in [5, 5.41) is 0. The first kappa shape index (κ1) is 40.2. The molecule has 0 heterocycles. The summed E-state index contributed by atoms with van der Waals surface area (Å²) in [6, 6.07) is 63.9. The van der Waals surface area contributed by atoms with Crippen molar-refractivity contribution in [3.05, 3.63) is 215 Å². The molecule has 0 aromatic heterocycles. The Labute approximate surface area is 329 Å². The molecule has 0 N–H and O–H groups in total. The number of hydrogen-bond donors (Lipinski definition) is 0. The van der Waals surface area contributed by atoms with E-state index in [-0.39, 0.29) is 0 Å². The molecule has 0 unspecified atom stereocenters.